The smallest absolute Gasteiger partial charge is 0.164 e. The molecule has 0 bridgehead atoms. The van der Waals surface area contributed by atoms with Crippen molar-refractivity contribution in [2.75, 3.05) is 0 Å². The summed E-state index contributed by atoms with van der Waals surface area (Å²) >= 11 is 0. The Labute approximate surface area is 274 Å². The van der Waals surface area contributed by atoms with Gasteiger partial charge >= 0.3 is 0 Å². The second kappa shape index (κ2) is 10.5. The molecule has 7 aromatic rings. The molecule has 4 heteroatoms. The highest BCUT2D eigenvalue weighted by Gasteiger charge is 2.39. The van der Waals surface area contributed by atoms with Crippen LogP contribution in [0.25, 0.3) is 73.5 Å². The maximum absolute atomic E-state index is 6.63. The van der Waals surface area contributed by atoms with Gasteiger partial charge < -0.3 is 4.42 Å². The average Bonchev–Trinajstić information content (AvgIpc) is 3.61. The van der Waals surface area contributed by atoms with Crippen molar-refractivity contribution in [2.45, 2.75) is 38.5 Å². The molecule has 0 spiro atoms. The van der Waals surface area contributed by atoms with Crippen LogP contribution in [-0.2, 0) is 5.41 Å². The summed E-state index contributed by atoms with van der Waals surface area (Å²) in [5, 5.41) is 1.26. The fourth-order valence-corrected chi connectivity index (χ4v) is 7.56. The van der Waals surface area contributed by atoms with Crippen LogP contribution in [0.1, 0.15) is 55.6 Å². The molecular formula is C43H33N3O. The Bertz CT molecular complexity index is 2310. The van der Waals surface area contributed by atoms with E-state index in [1.54, 1.807) is 0 Å². The summed E-state index contributed by atoms with van der Waals surface area (Å²) in [7, 11) is 0. The van der Waals surface area contributed by atoms with E-state index < -0.39 is 0 Å². The predicted molar refractivity (Wildman–Crippen MR) is 191 cm³/mol. The van der Waals surface area contributed by atoms with Gasteiger partial charge in [-0.15, -0.1) is 0 Å². The monoisotopic (exact) mass is 607 g/mol. The molecule has 0 saturated carbocycles. The van der Waals surface area contributed by atoms with Gasteiger partial charge in [-0.2, -0.15) is 0 Å². The van der Waals surface area contributed by atoms with Crippen LogP contribution in [-0.4, -0.2) is 15.0 Å². The van der Waals surface area contributed by atoms with Crippen molar-refractivity contribution in [3.05, 3.63) is 144 Å². The summed E-state index contributed by atoms with van der Waals surface area (Å²) < 4.78 is 6.63. The van der Waals surface area contributed by atoms with Crippen LogP contribution < -0.4 is 0 Å². The number of furan rings is 1. The van der Waals surface area contributed by atoms with Crippen molar-refractivity contribution in [3.8, 4) is 56.4 Å². The number of hydrogen-bond acceptors (Lipinski definition) is 4. The molecule has 0 saturated heterocycles. The van der Waals surface area contributed by atoms with E-state index >= 15 is 0 Å². The van der Waals surface area contributed by atoms with Gasteiger partial charge in [0.1, 0.15) is 11.3 Å². The first-order valence-corrected chi connectivity index (χ1v) is 16.3. The van der Waals surface area contributed by atoms with Crippen LogP contribution in [0.15, 0.2) is 126 Å². The zero-order chi connectivity index (χ0) is 31.7. The lowest BCUT2D eigenvalue weighted by atomic mass is 9.80. The molecule has 0 aliphatic heterocycles. The first kappa shape index (κ1) is 27.7. The van der Waals surface area contributed by atoms with Crippen LogP contribution in [0.5, 0.6) is 0 Å². The van der Waals surface area contributed by atoms with E-state index in [0.717, 1.165) is 40.0 Å². The Hall–Kier alpha value is -5.61. The highest BCUT2D eigenvalue weighted by atomic mass is 16.3. The molecule has 0 radical (unpaired) electrons. The van der Waals surface area contributed by atoms with Crippen molar-refractivity contribution in [2.24, 2.45) is 0 Å². The Morgan fingerprint density at radius 2 is 1.21 bits per heavy atom. The molecule has 5 aromatic carbocycles. The molecule has 2 aliphatic carbocycles. The lowest BCUT2D eigenvalue weighted by Gasteiger charge is -2.22. The van der Waals surface area contributed by atoms with Gasteiger partial charge in [-0.25, -0.2) is 15.0 Å². The number of benzene rings is 5. The van der Waals surface area contributed by atoms with E-state index in [9.17, 15) is 0 Å². The molecule has 0 N–H and O–H groups in total. The van der Waals surface area contributed by atoms with Crippen LogP contribution in [0.2, 0.25) is 0 Å². The molecule has 2 aliphatic rings. The van der Waals surface area contributed by atoms with Crippen LogP contribution in [0.3, 0.4) is 0 Å². The van der Waals surface area contributed by atoms with E-state index in [4.69, 9.17) is 19.4 Å². The number of rotatable bonds is 4. The maximum Gasteiger partial charge on any atom is 0.164 e. The number of nitrogens with zero attached hydrogens (tertiary/aromatic N) is 3. The Kier molecular flexibility index (Phi) is 6.16. The van der Waals surface area contributed by atoms with Crippen molar-refractivity contribution in [3.63, 3.8) is 0 Å². The fraction of sp³-hybridized carbons (Fsp3) is 0.140. The third-order valence-electron chi connectivity index (χ3n) is 9.94. The van der Waals surface area contributed by atoms with Crippen molar-refractivity contribution < 1.29 is 4.42 Å². The molecule has 2 heterocycles. The summed E-state index contributed by atoms with van der Waals surface area (Å²) in [6, 6.07) is 40.2. The van der Waals surface area contributed by atoms with Crippen molar-refractivity contribution in [1.29, 1.82) is 0 Å². The summed E-state index contributed by atoms with van der Waals surface area (Å²) in [6.45, 7) is 6.96. The van der Waals surface area contributed by atoms with Crippen LogP contribution >= 0.6 is 0 Å². The highest BCUT2D eigenvalue weighted by Crippen LogP contribution is 2.54. The normalized spacial score (nSPS) is 15.8. The van der Waals surface area contributed by atoms with E-state index in [2.05, 4.69) is 87.5 Å². The lowest BCUT2D eigenvalue weighted by molar-refractivity contribution is 0.568. The summed E-state index contributed by atoms with van der Waals surface area (Å²) in [6.07, 6.45) is 5.44. The minimum Gasteiger partial charge on any atom is -0.456 e. The van der Waals surface area contributed by atoms with Gasteiger partial charge in [-0.1, -0.05) is 130 Å². The molecule has 0 amide bonds. The maximum atomic E-state index is 6.63. The van der Waals surface area contributed by atoms with E-state index in [-0.39, 0.29) is 5.41 Å². The highest BCUT2D eigenvalue weighted by molar-refractivity contribution is 5.98. The standard InChI is InChI=1S/C43H33N3O/c1-26-12-10-19-36-37(26)34-23-22-33-32-21-20-30(25-35(32)43(2,3)38(33)39(34)47-36)29-17-11-18-31(24-29)42-45-40(27-13-6-4-7-14-27)44-41(46-42)28-15-8-5-9-16-28/h4-11,13-26H,12H2,1-3H3. The van der Waals surface area contributed by atoms with Gasteiger partial charge in [0.05, 0.1) is 0 Å². The first-order chi connectivity index (χ1) is 23.0. The summed E-state index contributed by atoms with van der Waals surface area (Å²) in [4.78, 5) is 14.8. The quantitative estimate of drug-likeness (QED) is 0.200. The van der Waals surface area contributed by atoms with Gasteiger partial charge in [0.2, 0.25) is 0 Å². The second-order valence-electron chi connectivity index (χ2n) is 13.3. The third-order valence-corrected chi connectivity index (χ3v) is 9.94. The van der Waals surface area contributed by atoms with Crippen LogP contribution in [0.4, 0.5) is 0 Å². The Morgan fingerprint density at radius 3 is 1.91 bits per heavy atom. The Morgan fingerprint density at radius 1 is 0.617 bits per heavy atom. The molecule has 1 atom stereocenters. The number of allylic oxidation sites excluding steroid dienone is 1. The van der Waals surface area contributed by atoms with Gasteiger partial charge in [0.25, 0.3) is 0 Å². The zero-order valence-corrected chi connectivity index (χ0v) is 26.7. The zero-order valence-electron chi connectivity index (χ0n) is 26.7. The van der Waals surface area contributed by atoms with Crippen LogP contribution in [0, 0.1) is 0 Å². The lowest BCUT2D eigenvalue weighted by Crippen LogP contribution is -2.15. The molecule has 9 rings (SSSR count). The first-order valence-electron chi connectivity index (χ1n) is 16.3. The van der Waals surface area contributed by atoms with Gasteiger partial charge in [-0.05, 0) is 58.4 Å². The average molecular weight is 608 g/mol. The molecule has 0 fully saturated rings. The van der Waals surface area contributed by atoms with Gasteiger partial charge in [0, 0.05) is 38.6 Å². The van der Waals surface area contributed by atoms with Gasteiger partial charge in [0.15, 0.2) is 17.5 Å². The van der Waals surface area contributed by atoms with E-state index in [1.807, 2.05) is 60.7 Å². The summed E-state index contributed by atoms with van der Waals surface area (Å²) in [5.41, 5.74) is 12.5. The molecular weight excluding hydrogens is 574 g/mol. The molecule has 4 nitrogen and oxygen atoms in total. The minimum atomic E-state index is -0.214. The summed E-state index contributed by atoms with van der Waals surface area (Å²) in [5.74, 6) is 3.44. The topological polar surface area (TPSA) is 51.8 Å². The number of fused-ring (bicyclic) bond motifs is 7. The van der Waals surface area contributed by atoms with E-state index in [1.165, 1.54) is 38.8 Å². The number of hydrogen-bond donors (Lipinski definition) is 0. The molecule has 47 heavy (non-hydrogen) atoms. The molecule has 2 aromatic heterocycles. The predicted octanol–water partition coefficient (Wildman–Crippen LogP) is 11.1. The molecule has 226 valence electrons. The third kappa shape index (κ3) is 4.39. The molecule has 1 unspecified atom stereocenters. The fourth-order valence-electron chi connectivity index (χ4n) is 7.56. The largest absolute Gasteiger partial charge is 0.456 e. The SMILES string of the molecule is CC1CC=Cc2oc3c4c(ccc3c21)-c1ccc(-c2cccc(-c3nc(-c5ccccc5)nc(-c5ccccc5)n3)c2)cc1C4(C)C. The number of aromatic nitrogens is 3. The minimum absolute atomic E-state index is 0.214. The van der Waals surface area contributed by atoms with Gasteiger partial charge in [-0.3, -0.25) is 0 Å². The Balaban J connectivity index is 1.14. The van der Waals surface area contributed by atoms with Crippen molar-refractivity contribution >= 4 is 17.0 Å². The van der Waals surface area contributed by atoms with Crippen molar-refractivity contribution in [1.82, 2.24) is 15.0 Å². The van der Waals surface area contributed by atoms with E-state index in [0.29, 0.717) is 23.4 Å². The second-order valence-corrected chi connectivity index (χ2v) is 13.3.